The fraction of sp³-hybridized carbons (Fsp3) is 0.692. The van der Waals surface area contributed by atoms with Gasteiger partial charge in [-0.3, -0.25) is 0 Å². The molecule has 7 heteroatoms. The molecule has 112 valence electrons. The SMILES string of the molecule is CCNc1ncc(S(=O)(=O)N2CCCCCC2C)cn1. The summed E-state index contributed by atoms with van der Waals surface area (Å²) in [7, 11) is -3.49. The van der Waals surface area contributed by atoms with Gasteiger partial charge in [0.15, 0.2) is 0 Å². The van der Waals surface area contributed by atoms with Crippen LogP contribution in [0.15, 0.2) is 17.3 Å². The average Bonchev–Trinajstić information content (AvgIpc) is 2.65. The summed E-state index contributed by atoms with van der Waals surface area (Å²) in [6.07, 6.45) is 6.78. The second-order valence-electron chi connectivity index (χ2n) is 5.09. The standard InChI is InChI=1S/C13H22N4O2S/c1-3-14-13-15-9-12(10-16-13)20(18,19)17-8-6-4-5-7-11(17)2/h9-11H,3-8H2,1-2H3,(H,14,15,16). The number of aromatic nitrogens is 2. The van der Waals surface area contributed by atoms with Gasteiger partial charge in [-0.15, -0.1) is 0 Å². The number of rotatable bonds is 4. The minimum absolute atomic E-state index is 0.0379. The highest BCUT2D eigenvalue weighted by Crippen LogP contribution is 2.24. The highest BCUT2D eigenvalue weighted by atomic mass is 32.2. The van der Waals surface area contributed by atoms with E-state index in [-0.39, 0.29) is 10.9 Å². The lowest BCUT2D eigenvalue weighted by Crippen LogP contribution is -2.38. The van der Waals surface area contributed by atoms with Gasteiger partial charge >= 0.3 is 0 Å². The summed E-state index contributed by atoms with van der Waals surface area (Å²) >= 11 is 0. The fourth-order valence-electron chi connectivity index (χ4n) is 2.44. The smallest absolute Gasteiger partial charge is 0.246 e. The van der Waals surface area contributed by atoms with Crippen LogP contribution in [0.1, 0.15) is 39.5 Å². The van der Waals surface area contributed by atoms with Crippen LogP contribution in [0.5, 0.6) is 0 Å². The van der Waals surface area contributed by atoms with Crippen LogP contribution in [0.25, 0.3) is 0 Å². The van der Waals surface area contributed by atoms with Crippen LogP contribution >= 0.6 is 0 Å². The molecule has 0 bridgehead atoms. The Morgan fingerprint density at radius 2 is 2.00 bits per heavy atom. The zero-order valence-corrected chi connectivity index (χ0v) is 12.9. The first-order valence-corrected chi connectivity index (χ1v) is 8.57. The van der Waals surface area contributed by atoms with E-state index >= 15 is 0 Å². The predicted molar refractivity (Wildman–Crippen MR) is 78.0 cm³/mol. The first-order valence-electron chi connectivity index (χ1n) is 7.13. The topological polar surface area (TPSA) is 75.2 Å². The van der Waals surface area contributed by atoms with E-state index in [1.165, 1.54) is 12.4 Å². The van der Waals surface area contributed by atoms with Gasteiger partial charge in [-0.05, 0) is 26.7 Å². The Bertz CT molecular complexity index is 530. The Morgan fingerprint density at radius 3 is 2.65 bits per heavy atom. The van der Waals surface area contributed by atoms with Crippen LogP contribution in [0.4, 0.5) is 5.95 Å². The lowest BCUT2D eigenvalue weighted by Gasteiger charge is -2.25. The minimum atomic E-state index is -3.49. The summed E-state index contributed by atoms with van der Waals surface area (Å²) in [5, 5.41) is 2.95. The molecule has 1 N–H and O–H groups in total. The van der Waals surface area contributed by atoms with Crippen LogP contribution < -0.4 is 5.32 Å². The third kappa shape index (κ3) is 3.27. The molecule has 0 amide bonds. The van der Waals surface area contributed by atoms with Gasteiger partial charge in [0, 0.05) is 19.1 Å². The first-order chi connectivity index (χ1) is 9.55. The normalized spacial score (nSPS) is 21.4. The Labute approximate surface area is 120 Å². The van der Waals surface area contributed by atoms with Crippen molar-refractivity contribution >= 4 is 16.0 Å². The molecule has 0 aromatic carbocycles. The molecule has 0 spiro atoms. The van der Waals surface area contributed by atoms with Crippen LogP contribution in [0.2, 0.25) is 0 Å². The Hall–Kier alpha value is -1.21. The Morgan fingerprint density at radius 1 is 1.30 bits per heavy atom. The maximum atomic E-state index is 12.6. The van der Waals surface area contributed by atoms with Gasteiger partial charge in [-0.2, -0.15) is 4.31 Å². The van der Waals surface area contributed by atoms with Crippen LogP contribution in [0.3, 0.4) is 0 Å². The predicted octanol–water partition coefficient (Wildman–Crippen LogP) is 1.86. The number of sulfonamides is 1. The zero-order chi connectivity index (χ0) is 14.6. The van der Waals surface area contributed by atoms with Crippen LogP contribution in [0, 0.1) is 0 Å². The van der Waals surface area contributed by atoms with E-state index in [0.29, 0.717) is 19.0 Å². The molecule has 1 aromatic heterocycles. The van der Waals surface area contributed by atoms with Crippen molar-refractivity contribution in [3.63, 3.8) is 0 Å². The molecule has 1 saturated heterocycles. The van der Waals surface area contributed by atoms with Gasteiger partial charge in [0.2, 0.25) is 16.0 Å². The minimum Gasteiger partial charge on any atom is -0.355 e. The monoisotopic (exact) mass is 298 g/mol. The molecule has 2 rings (SSSR count). The van der Waals surface area contributed by atoms with Gasteiger partial charge in [0.05, 0.1) is 12.4 Å². The largest absolute Gasteiger partial charge is 0.355 e. The van der Waals surface area contributed by atoms with E-state index in [9.17, 15) is 8.42 Å². The molecular formula is C13H22N4O2S. The zero-order valence-electron chi connectivity index (χ0n) is 12.0. The molecule has 20 heavy (non-hydrogen) atoms. The summed E-state index contributed by atoms with van der Waals surface area (Å²) in [4.78, 5) is 8.27. The number of nitrogens with one attached hydrogen (secondary N) is 1. The van der Waals surface area contributed by atoms with E-state index in [2.05, 4.69) is 15.3 Å². The summed E-state index contributed by atoms with van der Waals surface area (Å²) in [6, 6.07) is 0.0379. The highest BCUT2D eigenvalue weighted by Gasteiger charge is 2.30. The first kappa shape index (κ1) is 15.2. The van der Waals surface area contributed by atoms with Crippen molar-refractivity contribution in [2.75, 3.05) is 18.4 Å². The van der Waals surface area contributed by atoms with Crippen molar-refractivity contribution in [1.29, 1.82) is 0 Å². The Kier molecular flexibility index (Phi) is 4.93. The summed E-state index contributed by atoms with van der Waals surface area (Å²) in [5.41, 5.74) is 0. The van der Waals surface area contributed by atoms with E-state index in [0.717, 1.165) is 25.7 Å². The molecule has 1 atom stereocenters. The lowest BCUT2D eigenvalue weighted by atomic mass is 10.1. The maximum Gasteiger partial charge on any atom is 0.246 e. The average molecular weight is 298 g/mol. The third-order valence-electron chi connectivity index (χ3n) is 3.56. The van der Waals surface area contributed by atoms with Gasteiger partial charge in [-0.25, -0.2) is 18.4 Å². The quantitative estimate of drug-likeness (QED) is 0.918. The van der Waals surface area contributed by atoms with Crippen molar-refractivity contribution in [1.82, 2.24) is 14.3 Å². The van der Waals surface area contributed by atoms with Crippen LogP contribution in [-0.2, 0) is 10.0 Å². The van der Waals surface area contributed by atoms with E-state index < -0.39 is 10.0 Å². The van der Waals surface area contributed by atoms with Gasteiger partial charge in [0.25, 0.3) is 0 Å². The van der Waals surface area contributed by atoms with Crippen LogP contribution in [-0.4, -0.2) is 41.8 Å². The van der Waals surface area contributed by atoms with Crippen molar-refractivity contribution in [3.8, 4) is 0 Å². The van der Waals surface area contributed by atoms with Crippen molar-refractivity contribution in [3.05, 3.63) is 12.4 Å². The van der Waals surface area contributed by atoms with Crippen molar-refractivity contribution < 1.29 is 8.42 Å². The molecule has 1 unspecified atom stereocenters. The van der Waals surface area contributed by atoms with Gasteiger partial charge in [0.1, 0.15) is 4.90 Å². The fourth-order valence-corrected chi connectivity index (χ4v) is 4.03. The molecule has 1 aromatic rings. The molecule has 0 saturated carbocycles. The number of hydrogen-bond donors (Lipinski definition) is 1. The molecule has 1 aliphatic heterocycles. The van der Waals surface area contributed by atoms with Crippen molar-refractivity contribution in [2.24, 2.45) is 0 Å². The van der Waals surface area contributed by atoms with Gasteiger partial charge < -0.3 is 5.32 Å². The maximum absolute atomic E-state index is 12.6. The summed E-state index contributed by atoms with van der Waals surface area (Å²) in [6.45, 7) is 5.19. The molecule has 0 radical (unpaired) electrons. The van der Waals surface area contributed by atoms with E-state index in [1.807, 2.05) is 13.8 Å². The van der Waals surface area contributed by atoms with Crippen molar-refractivity contribution in [2.45, 2.75) is 50.5 Å². The lowest BCUT2D eigenvalue weighted by molar-refractivity contribution is 0.342. The molecule has 6 nitrogen and oxygen atoms in total. The highest BCUT2D eigenvalue weighted by molar-refractivity contribution is 7.89. The molecule has 1 aliphatic rings. The summed E-state index contributed by atoms with van der Waals surface area (Å²) < 4.78 is 26.9. The second kappa shape index (κ2) is 6.49. The molecule has 1 fully saturated rings. The molecule has 0 aliphatic carbocycles. The Balaban J connectivity index is 2.24. The number of hydrogen-bond acceptors (Lipinski definition) is 5. The second-order valence-corrected chi connectivity index (χ2v) is 6.98. The van der Waals surface area contributed by atoms with E-state index in [1.54, 1.807) is 4.31 Å². The van der Waals surface area contributed by atoms with Gasteiger partial charge in [-0.1, -0.05) is 12.8 Å². The number of nitrogens with zero attached hydrogens (tertiary/aromatic N) is 3. The summed E-state index contributed by atoms with van der Waals surface area (Å²) in [5.74, 6) is 0.454. The molecule has 2 heterocycles. The third-order valence-corrected chi connectivity index (χ3v) is 5.53. The number of anilines is 1. The van der Waals surface area contributed by atoms with E-state index in [4.69, 9.17) is 0 Å². The molecular weight excluding hydrogens is 276 g/mol.